The minimum absolute atomic E-state index is 0.399. The van der Waals surface area contributed by atoms with Gasteiger partial charge < -0.3 is 27.4 Å². The molecule has 0 saturated carbocycles. The fourth-order valence-corrected chi connectivity index (χ4v) is 7.65. The molecule has 2 N–H and O–H groups in total. The summed E-state index contributed by atoms with van der Waals surface area (Å²) in [6.07, 6.45) is 18.5. The SMILES string of the molecule is Cl[B-]([C@H](Cc1ccccc1)OCc1ccccc1)(n1cc[n+]([B-](Cl)([C@@H](Cc2ccccc2)OCc2ccccc2)[n+]2cc[nH]c2)c1)[n+]1cc[nH]c1. The average Bonchev–Trinajstić information content (AvgIpc) is 4.01. The van der Waals surface area contributed by atoms with E-state index in [4.69, 9.17) is 32.4 Å². The molecule has 0 aliphatic carbocycles. The highest BCUT2D eigenvalue weighted by Gasteiger charge is 2.51. The van der Waals surface area contributed by atoms with Crippen molar-refractivity contribution in [2.45, 2.75) is 38.1 Å². The molecule has 0 radical (unpaired) electrons. The van der Waals surface area contributed by atoms with Crippen LogP contribution < -0.4 is 13.4 Å². The van der Waals surface area contributed by atoms with Gasteiger partial charge in [0.1, 0.15) is 12.4 Å². The van der Waals surface area contributed by atoms with E-state index in [1.54, 1.807) is 0 Å². The summed E-state index contributed by atoms with van der Waals surface area (Å²) in [5, 5.41) is 0. The number of ether oxygens (including phenoxy) is 2. The smallest absolute Gasteiger partial charge is 0.400 e. The van der Waals surface area contributed by atoms with Gasteiger partial charge in [-0.05, 0) is 35.1 Å². The number of aromatic amines is 2. The van der Waals surface area contributed by atoms with E-state index in [9.17, 15) is 0 Å². The van der Waals surface area contributed by atoms with Crippen molar-refractivity contribution in [3.05, 3.63) is 200 Å². The molecule has 8 nitrogen and oxygen atoms in total. The summed E-state index contributed by atoms with van der Waals surface area (Å²) in [7, 11) is 0. The van der Waals surface area contributed by atoms with Gasteiger partial charge in [0, 0.05) is 12.0 Å². The van der Waals surface area contributed by atoms with Crippen LogP contribution in [0, 0.1) is 0 Å². The predicted octanol–water partition coefficient (Wildman–Crippen LogP) is 5.89. The summed E-state index contributed by atoms with van der Waals surface area (Å²) in [5.41, 5.74) is 4.38. The van der Waals surface area contributed by atoms with Crippen molar-refractivity contribution in [2.24, 2.45) is 0 Å². The first-order valence-electron chi connectivity index (χ1n) is 17.3. The predicted molar refractivity (Wildman–Crippen MR) is 202 cm³/mol. The number of benzene rings is 4. The lowest BCUT2D eigenvalue weighted by Gasteiger charge is -2.37. The van der Waals surface area contributed by atoms with E-state index in [0.29, 0.717) is 26.1 Å². The van der Waals surface area contributed by atoms with E-state index in [1.807, 2.05) is 147 Å². The van der Waals surface area contributed by atoms with Crippen molar-refractivity contribution in [1.82, 2.24) is 14.4 Å². The Morgan fingerprint density at radius 3 is 1.49 bits per heavy atom. The summed E-state index contributed by atoms with van der Waals surface area (Å²) in [5.74, 6) is -4.35. The zero-order valence-electron chi connectivity index (χ0n) is 28.2. The standard InChI is InChI=1S/C39H41B2Cl2N6O2/c42-40(46-23-21-44-31-46,38(27-34-13-5-1-6-14-34)50-29-36-17-9-3-10-18-36)48-25-26-49(33-48)41(43,47-24-22-45-32-47)39(28-35-15-7-2-8-16-35)51-30-37-19-11-4-12-20-37/h1-26,31-33,38-39,44-45H,27-30H2/q+1/t38-,39+,40?,41?. The Morgan fingerprint density at radius 2 is 1.00 bits per heavy atom. The largest absolute Gasteiger partial charge is 0.495 e. The molecule has 3 aromatic heterocycles. The Balaban J connectivity index is 1.31. The molecule has 0 aliphatic heterocycles. The molecule has 7 aromatic rings. The summed E-state index contributed by atoms with van der Waals surface area (Å²) in [4.78, 5) is 6.41. The van der Waals surface area contributed by atoms with E-state index < -0.39 is 23.7 Å². The zero-order chi connectivity index (χ0) is 34.9. The second-order valence-electron chi connectivity index (χ2n) is 12.9. The molecule has 51 heavy (non-hydrogen) atoms. The molecular formula is C39H41B2Cl2N6O2+. The average molecular weight is 718 g/mol. The van der Waals surface area contributed by atoms with Gasteiger partial charge in [0.15, 0.2) is 19.0 Å². The normalized spacial score (nSPS) is 15.1. The van der Waals surface area contributed by atoms with Crippen LogP contribution in [0.3, 0.4) is 0 Å². The van der Waals surface area contributed by atoms with Crippen molar-refractivity contribution in [2.75, 3.05) is 0 Å². The van der Waals surface area contributed by atoms with Crippen LogP contribution in [-0.4, -0.2) is 38.1 Å². The topological polar surface area (TPSA) is 66.6 Å². The van der Waals surface area contributed by atoms with Crippen LogP contribution in [0.5, 0.6) is 0 Å². The lowest BCUT2D eigenvalue weighted by Crippen LogP contribution is -2.84. The lowest BCUT2D eigenvalue weighted by molar-refractivity contribution is -0.685. The summed E-state index contributed by atoms with van der Waals surface area (Å²) >= 11 is 16.0. The van der Waals surface area contributed by atoms with Gasteiger partial charge in [0.05, 0.1) is 38.0 Å². The molecule has 0 amide bonds. The van der Waals surface area contributed by atoms with E-state index in [0.717, 1.165) is 22.3 Å². The molecule has 12 heteroatoms. The Morgan fingerprint density at radius 1 is 0.549 bits per heavy atom. The van der Waals surface area contributed by atoms with Crippen molar-refractivity contribution >= 4 is 34.6 Å². The number of nitrogens with one attached hydrogen (secondary N) is 2. The highest BCUT2D eigenvalue weighted by molar-refractivity contribution is 7.15. The summed E-state index contributed by atoms with van der Waals surface area (Å²) < 4.78 is 21.7. The van der Waals surface area contributed by atoms with Gasteiger partial charge >= 0.3 is 11.7 Å². The minimum atomic E-state index is -2.18. The molecule has 0 saturated heterocycles. The molecule has 0 bridgehead atoms. The van der Waals surface area contributed by atoms with Crippen molar-refractivity contribution < 1.29 is 22.9 Å². The third kappa shape index (κ3) is 7.75. The van der Waals surface area contributed by atoms with Crippen LogP contribution in [0.4, 0.5) is 0 Å². The number of hydrogen-bond donors (Lipinski definition) is 2. The third-order valence-electron chi connectivity index (χ3n) is 9.60. The molecule has 3 heterocycles. The van der Waals surface area contributed by atoms with Gasteiger partial charge in [0.25, 0.3) is 0 Å². The van der Waals surface area contributed by atoms with Crippen LogP contribution in [0.2, 0.25) is 0 Å². The van der Waals surface area contributed by atoms with Gasteiger partial charge in [-0.25, -0.2) is 0 Å². The summed E-state index contributed by atoms with van der Waals surface area (Å²) in [6.45, 7) is 0.797. The number of aromatic nitrogens is 6. The van der Waals surface area contributed by atoms with Gasteiger partial charge in [-0.15, -0.1) is 0 Å². The van der Waals surface area contributed by atoms with Crippen molar-refractivity contribution in [1.29, 1.82) is 0 Å². The van der Waals surface area contributed by atoms with Gasteiger partial charge in [-0.3, -0.25) is 32.9 Å². The van der Waals surface area contributed by atoms with Gasteiger partial charge in [-0.1, -0.05) is 121 Å². The molecule has 2 unspecified atom stereocenters. The van der Waals surface area contributed by atoms with E-state index in [-0.39, 0.29) is 0 Å². The molecule has 0 spiro atoms. The van der Waals surface area contributed by atoms with E-state index in [1.165, 1.54) is 0 Å². The molecule has 0 fully saturated rings. The lowest BCUT2D eigenvalue weighted by atomic mass is 9.63. The fraction of sp³-hybridized carbons (Fsp3) is 0.154. The Labute approximate surface area is 308 Å². The molecular weight excluding hydrogens is 677 g/mol. The Kier molecular flexibility index (Phi) is 10.8. The van der Waals surface area contributed by atoms with E-state index >= 15 is 0 Å². The molecule has 4 atom stereocenters. The number of nitrogens with zero attached hydrogens (tertiary/aromatic N) is 4. The molecule has 0 aliphatic rings. The number of H-pyrrole nitrogens is 2. The van der Waals surface area contributed by atoms with E-state index in [2.05, 4.69) is 58.5 Å². The van der Waals surface area contributed by atoms with Crippen LogP contribution in [0.25, 0.3) is 0 Å². The maximum Gasteiger partial charge on any atom is 0.495 e. The number of halogens is 2. The van der Waals surface area contributed by atoms with Gasteiger partial charge in [-0.2, -0.15) is 0 Å². The first kappa shape index (κ1) is 34.6. The van der Waals surface area contributed by atoms with Crippen LogP contribution in [-0.2, 0) is 35.5 Å². The van der Waals surface area contributed by atoms with Crippen molar-refractivity contribution in [3.8, 4) is 0 Å². The van der Waals surface area contributed by atoms with Crippen LogP contribution >= 0.6 is 22.9 Å². The molecule has 7 rings (SSSR count). The first-order valence-corrected chi connectivity index (χ1v) is 18.2. The second kappa shape index (κ2) is 16.0. The maximum atomic E-state index is 8.00. The Hall–Kier alpha value is -4.86. The summed E-state index contributed by atoms with van der Waals surface area (Å²) in [6, 6.07) is 40.1. The molecule has 258 valence electrons. The maximum absolute atomic E-state index is 8.00. The number of imidazole rings is 3. The third-order valence-corrected chi connectivity index (χ3v) is 11.1. The highest BCUT2D eigenvalue weighted by Crippen LogP contribution is 2.24. The fourth-order valence-electron chi connectivity index (χ4n) is 6.85. The minimum Gasteiger partial charge on any atom is -0.400 e. The van der Waals surface area contributed by atoms with Crippen LogP contribution in [0.15, 0.2) is 177 Å². The number of hydrogen-bond acceptors (Lipinski definition) is 2. The monoisotopic (exact) mass is 717 g/mol. The van der Waals surface area contributed by atoms with Gasteiger partial charge in [0.2, 0.25) is 0 Å². The highest BCUT2D eigenvalue weighted by atomic mass is 35.5. The second-order valence-corrected chi connectivity index (χ2v) is 14.2. The first-order chi connectivity index (χ1) is 25.0. The van der Waals surface area contributed by atoms with Crippen LogP contribution in [0.1, 0.15) is 22.3 Å². The van der Waals surface area contributed by atoms with Crippen molar-refractivity contribution in [3.63, 3.8) is 0 Å². The zero-order valence-corrected chi connectivity index (χ0v) is 29.8. The quantitative estimate of drug-likeness (QED) is 0.123. The Bertz CT molecular complexity index is 1910. The molecule has 4 aromatic carbocycles. The number of rotatable bonds is 16.